The molecule has 2 saturated heterocycles. The fourth-order valence-electron chi connectivity index (χ4n) is 5.51. The van der Waals surface area contributed by atoms with Gasteiger partial charge in [0.05, 0.1) is 29.1 Å². The molecule has 3 fully saturated rings. The number of hydrogen-bond donors (Lipinski definition) is 1. The van der Waals surface area contributed by atoms with Crippen LogP contribution in [-0.2, 0) is 10.5 Å². The molecule has 7 nitrogen and oxygen atoms in total. The lowest BCUT2D eigenvalue weighted by Crippen LogP contribution is -2.49. The van der Waals surface area contributed by atoms with Crippen LogP contribution in [0.15, 0.2) is 48.8 Å². The Morgan fingerprint density at radius 2 is 1.94 bits per heavy atom. The van der Waals surface area contributed by atoms with Crippen molar-refractivity contribution in [1.29, 1.82) is 5.26 Å². The van der Waals surface area contributed by atoms with Crippen molar-refractivity contribution in [2.45, 2.75) is 24.9 Å². The number of anilines is 1. The van der Waals surface area contributed by atoms with Gasteiger partial charge in [-0.1, -0.05) is 24.3 Å². The van der Waals surface area contributed by atoms with E-state index in [1.54, 1.807) is 6.20 Å². The molecule has 35 heavy (non-hydrogen) atoms. The predicted molar refractivity (Wildman–Crippen MR) is 132 cm³/mol. The van der Waals surface area contributed by atoms with Crippen LogP contribution in [0.1, 0.15) is 24.8 Å². The van der Waals surface area contributed by atoms with Crippen molar-refractivity contribution < 1.29 is 9.18 Å². The van der Waals surface area contributed by atoms with E-state index in [2.05, 4.69) is 27.5 Å². The molecular weight excluding hydrogens is 443 g/mol. The number of fused-ring (bicyclic) bond motifs is 1. The Morgan fingerprint density at radius 3 is 2.63 bits per heavy atom. The number of carbonyl (C=O) groups is 1. The van der Waals surface area contributed by atoms with Crippen molar-refractivity contribution in [1.82, 2.24) is 19.8 Å². The molecule has 0 bridgehead atoms. The van der Waals surface area contributed by atoms with Crippen molar-refractivity contribution in [3.63, 3.8) is 0 Å². The number of benzene rings is 1. The van der Waals surface area contributed by atoms with Gasteiger partial charge in [-0.15, -0.1) is 0 Å². The fourth-order valence-corrected chi connectivity index (χ4v) is 5.51. The Bertz CT molecular complexity index is 1280. The lowest BCUT2D eigenvalue weighted by atomic mass is 9.87. The summed E-state index contributed by atoms with van der Waals surface area (Å²) in [5.74, 6) is -0.0627. The lowest BCUT2D eigenvalue weighted by molar-refractivity contribution is -0.133. The minimum atomic E-state index is -1.30. The number of carbonyl (C=O) groups excluding carboxylic acids is 1. The van der Waals surface area contributed by atoms with Gasteiger partial charge in [-0.25, -0.2) is 8.91 Å². The molecular formula is C27H29FN6O. The first-order valence-electron chi connectivity index (χ1n) is 12.5. The average molecular weight is 473 g/mol. The maximum absolute atomic E-state index is 15.3. The Balaban J connectivity index is 1.19. The van der Waals surface area contributed by atoms with E-state index in [9.17, 15) is 4.79 Å². The Morgan fingerprint density at radius 1 is 1.14 bits per heavy atom. The summed E-state index contributed by atoms with van der Waals surface area (Å²) in [6, 6.07) is 14.2. The molecule has 0 radical (unpaired) electrons. The van der Waals surface area contributed by atoms with Crippen molar-refractivity contribution >= 4 is 17.1 Å². The number of piperazine rings is 1. The van der Waals surface area contributed by atoms with Crippen LogP contribution in [0.3, 0.4) is 0 Å². The van der Waals surface area contributed by atoms with Crippen molar-refractivity contribution in [2.75, 3.05) is 44.2 Å². The van der Waals surface area contributed by atoms with Crippen LogP contribution in [0.4, 0.5) is 10.1 Å². The van der Waals surface area contributed by atoms with E-state index in [1.807, 2.05) is 45.9 Å². The average Bonchev–Trinajstić information content (AvgIpc) is 3.57. The van der Waals surface area contributed by atoms with Crippen LogP contribution in [-0.4, -0.2) is 59.7 Å². The van der Waals surface area contributed by atoms with E-state index < -0.39 is 5.67 Å². The smallest absolute Gasteiger partial charge is 0.227 e. The zero-order valence-electron chi connectivity index (χ0n) is 19.7. The Labute approximate surface area is 204 Å². The third-order valence-electron chi connectivity index (χ3n) is 7.76. The monoisotopic (exact) mass is 472 g/mol. The second-order valence-electron chi connectivity index (χ2n) is 9.99. The van der Waals surface area contributed by atoms with E-state index in [4.69, 9.17) is 5.26 Å². The van der Waals surface area contributed by atoms with E-state index in [0.717, 1.165) is 53.9 Å². The zero-order valence-corrected chi connectivity index (χ0v) is 19.7. The quantitative estimate of drug-likeness (QED) is 0.630. The van der Waals surface area contributed by atoms with Gasteiger partial charge in [-0.05, 0) is 49.1 Å². The van der Waals surface area contributed by atoms with Crippen LogP contribution < -0.4 is 10.2 Å². The zero-order chi connectivity index (χ0) is 24.0. The largest absolute Gasteiger partial charge is 0.366 e. The normalized spacial score (nSPS) is 26.5. The first-order valence-corrected chi connectivity index (χ1v) is 12.5. The maximum atomic E-state index is 15.3. The van der Waals surface area contributed by atoms with Crippen molar-refractivity contribution in [3.05, 3.63) is 54.4 Å². The van der Waals surface area contributed by atoms with Gasteiger partial charge in [-0.3, -0.25) is 4.79 Å². The highest BCUT2D eigenvalue weighted by atomic mass is 19.1. The molecule has 2 aliphatic heterocycles. The predicted octanol–water partition coefficient (Wildman–Crippen LogP) is 3.36. The number of alkyl halides is 1. The first kappa shape index (κ1) is 22.1. The standard InChI is InChI=1S/C27H29FN6O/c28-27(7-1-8-30-18-27)22-4-2-19(3-5-22)21-15-25-24(6-9-31-34(25)17-21)32-10-12-33(13-11-32)26(35)23-14-20(23)16-29/h2-6,9,15,17,20,23,30H,1,7-8,10-14,18H2/t20-,23?,27?/m1/s1. The second-order valence-corrected chi connectivity index (χ2v) is 9.99. The van der Waals surface area contributed by atoms with Crippen molar-refractivity contribution in [3.8, 4) is 17.2 Å². The summed E-state index contributed by atoms with van der Waals surface area (Å²) in [6.07, 6.45) is 5.92. The van der Waals surface area contributed by atoms with Crippen LogP contribution in [0, 0.1) is 23.2 Å². The first-order chi connectivity index (χ1) is 17.1. The topological polar surface area (TPSA) is 76.7 Å². The van der Waals surface area contributed by atoms with Crippen LogP contribution in [0.2, 0.25) is 0 Å². The number of amides is 1. The van der Waals surface area contributed by atoms with Crippen LogP contribution in [0.5, 0.6) is 0 Å². The number of piperidine rings is 1. The van der Waals surface area contributed by atoms with Crippen molar-refractivity contribution in [2.24, 2.45) is 11.8 Å². The van der Waals surface area contributed by atoms with E-state index in [1.165, 1.54) is 0 Å². The number of nitrogens with zero attached hydrogens (tertiary/aromatic N) is 5. The summed E-state index contributed by atoms with van der Waals surface area (Å²) in [6.45, 7) is 4.07. The summed E-state index contributed by atoms with van der Waals surface area (Å²) in [5.41, 5.74) is 3.61. The summed E-state index contributed by atoms with van der Waals surface area (Å²) in [4.78, 5) is 16.8. The van der Waals surface area contributed by atoms with Gasteiger partial charge in [0, 0.05) is 50.7 Å². The number of hydrogen-bond acceptors (Lipinski definition) is 5. The third kappa shape index (κ3) is 4.04. The molecule has 1 aromatic carbocycles. The highest BCUT2D eigenvalue weighted by molar-refractivity contribution is 5.83. The molecule has 1 amide bonds. The highest BCUT2D eigenvalue weighted by Gasteiger charge is 2.45. The Kier molecular flexibility index (Phi) is 5.45. The molecule has 1 saturated carbocycles. The van der Waals surface area contributed by atoms with Gasteiger partial charge in [0.1, 0.15) is 5.67 Å². The SMILES string of the molecule is N#C[C@H]1CC1C(=O)N1CCN(c2ccnn3cc(-c4ccc(C5(F)CCCNC5)cc4)cc23)CC1. The minimum absolute atomic E-state index is 0.0941. The molecule has 3 aliphatic rings. The molecule has 8 heteroatoms. The van der Waals surface area contributed by atoms with E-state index >= 15 is 4.39 Å². The maximum Gasteiger partial charge on any atom is 0.227 e. The number of nitrogens with one attached hydrogen (secondary N) is 1. The Hall–Kier alpha value is -3.44. The summed E-state index contributed by atoms with van der Waals surface area (Å²) in [7, 11) is 0. The van der Waals surface area contributed by atoms with Gasteiger partial charge < -0.3 is 15.1 Å². The number of aromatic nitrogens is 2. The van der Waals surface area contributed by atoms with E-state index in [0.29, 0.717) is 32.5 Å². The molecule has 2 unspecified atom stereocenters. The highest BCUT2D eigenvalue weighted by Crippen LogP contribution is 2.39. The fraction of sp³-hybridized carbons (Fsp3) is 0.444. The molecule has 4 heterocycles. The minimum Gasteiger partial charge on any atom is -0.366 e. The second kappa shape index (κ2) is 8.65. The number of halogens is 1. The van der Waals surface area contributed by atoms with Gasteiger partial charge >= 0.3 is 0 Å². The molecule has 1 N–H and O–H groups in total. The van der Waals surface area contributed by atoms with Crippen LogP contribution >= 0.6 is 0 Å². The van der Waals surface area contributed by atoms with Gasteiger partial charge in [0.2, 0.25) is 5.91 Å². The summed E-state index contributed by atoms with van der Waals surface area (Å²) < 4.78 is 17.2. The molecule has 1 aliphatic carbocycles. The van der Waals surface area contributed by atoms with Crippen LogP contribution in [0.25, 0.3) is 16.6 Å². The molecule has 3 aromatic rings. The van der Waals surface area contributed by atoms with E-state index in [-0.39, 0.29) is 17.7 Å². The molecule has 2 aromatic heterocycles. The molecule has 180 valence electrons. The molecule has 3 atom stereocenters. The molecule has 0 spiro atoms. The van der Waals surface area contributed by atoms with Gasteiger partial charge in [0.25, 0.3) is 0 Å². The third-order valence-corrected chi connectivity index (χ3v) is 7.76. The number of rotatable bonds is 4. The molecule has 6 rings (SSSR count). The van der Waals surface area contributed by atoms with Gasteiger partial charge in [0.15, 0.2) is 0 Å². The number of nitriles is 1. The summed E-state index contributed by atoms with van der Waals surface area (Å²) in [5, 5.41) is 16.7. The van der Waals surface area contributed by atoms with Gasteiger partial charge in [-0.2, -0.15) is 10.4 Å². The lowest BCUT2D eigenvalue weighted by Gasteiger charge is -2.36. The summed E-state index contributed by atoms with van der Waals surface area (Å²) >= 11 is 0.